The zero-order valence-corrected chi connectivity index (χ0v) is 15.8. The Morgan fingerprint density at radius 1 is 0.897 bits per heavy atom. The molecule has 29 heavy (non-hydrogen) atoms. The maximum Gasteiger partial charge on any atom is 0.170 e. The van der Waals surface area contributed by atoms with Gasteiger partial charge in [0, 0.05) is 5.56 Å². The Balaban J connectivity index is 2.14. The lowest BCUT2D eigenvalue weighted by Gasteiger charge is -2.11. The van der Waals surface area contributed by atoms with Crippen LogP contribution in [0.15, 0.2) is 55.1 Å². The van der Waals surface area contributed by atoms with Crippen molar-refractivity contribution in [1.29, 1.82) is 0 Å². The molecule has 150 valence electrons. The highest BCUT2D eigenvalue weighted by Crippen LogP contribution is 2.35. The van der Waals surface area contributed by atoms with Crippen LogP contribution in [0.2, 0.25) is 0 Å². The van der Waals surface area contributed by atoms with Gasteiger partial charge in [-0.3, -0.25) is 0 Å². The number of aryl methyl sites for hydroxylation is 2. The van der Waals surface area contributed by atoms with Crippen LogP contribution < -0.4 is 0 Å². The molecule has 0 saturated heterocycles. The zero-order valence-electron chi connectivity index (χ0n) is 15.8. The van der Waals surface area contributed by atoms with E-state index >= 15 is 0 Å². The minimum Gasteiger partial charge on any atom is -0.206 e. The first-order valence-electron chi connectivity index (χ1n) is 9.24. The molecule has 0 aromatic heterocycles. The van der Waals surface area contributed by atoms with Gasteiger partial charge in [0.15, 0.2) is 23.3 Å². The topological polar surface area (TPSA) is 0 Å². The van der Waals surface area contributed by atoms with Crippen molar-refractivity contribution in [3.8, 4) is 0 Å². The first-order chi connectivity index (χ1) is 13.9. The van der Waals surface area contributed by atoms with Crippen LogP contribution in [0.1, 0.15) is 35.6 Å². The fourth-order valence-electron chi connectivity index (χ4n) is 3.17. The van der Waals surface area contributed by atoms with Gasteiger partial charge < -0.3 is 0 Å². The Labute approximate surface area is 166 Å². The van der Waals surface area contributed by atoms with Gasteiger partial charge in [0.1, 0.15) is 5.82 Å². The van der Waals surface area contributed by atoms with E-state index in [1.54, 1.807) is 18.2 Å². The normalized spacial score (nSPS) is 12.2. The Hall–Kier alpha value is -2.95. The summed E-state index contributed by atoms with van der Waals surface area (Å²) in [5, 5.41) is -0.628. The molecule has 0 N–H and O–H groups in total. The predicted octanol–water partition coefficient (Wildman–Crippen LogP) is 7.70. The van der Waals surface area contributed by atoms with E-state index in [-0.39, 0.29) is 22.9 Å². The molecule has 0 aliphatic heterocycles. The molecule has 3 aromatic carbocycles. The van der Waals surface area contributed by atoms with Crippen molar-refractivity contribution < 1.29 is 22.0 Å². The standard InChI is InChI=1S/C24H19F5/c1-3-5-6-15-11-12-17-13-18(23(28)24(29)19(17)20(15)25)22(27)21(26)16-9-7-14(4-2)8-10-16/h3,7-13H,1,4-6H2,2H3. The van der Waals surface area contributed by atoms with Crippen molar-refractivity contribution in [1.82, 2.24) is 0 Å². The maximum absolute atomic E-state index is 14.7. The van der Waals surface area contributed by atoms with E-state index in [1.165, 1.54) is 24.3 Å². The number of hydrogen-bond acceptors (Lipinski definition) is 0. The summed E-state index contributed by atoms with van der Waals surface area (Å²) in [5.74, 6) is -6.93. The second kappa shape index (κ2) is 8.60. The van der Waals surface area contributed by atoms with Crippen LogP contribution in [-0.4, -0.2) is 0 Å². The van der Waals surface area contributed by atoms with Crippen molar-refractivity contribution in [2.24, 2.45) is 0 Å². The summed E-state index contributed by atoms with van der Waals surface area (Å²) in [7, 11) is 0. The Morgan fingerprint density at radius 2 is 1.59 bits per heavy atom. The molecule has 0 heterocycles. The lowest BCUT2D eigenvalue weighted by Crippen LogP contribution is -2.00. The highest BCUT2D eigenvalue weighted by Gasteiger charge is 2.23. The molecule has 0 nitrogen and oxygen atoms in total. The van der Waals surface area contributed by atoms with Crippen LogP contribution in [0.4, 0.5) is 22.0 Å². The van der Waals surface area contributed by atoms with E-state index in [0.717, 1.165) is 18.1 Å². The van der Waals surface area contributed by atoms with Crippen molar-refractivity contribution in [2.45, 2.75) is 26.2 Å². The van der Waals surface area contributed by atoms with Crippen molar-refractivity contribution in [2.75, 3.05) is 0 Å². The molecule has 3 aromatic rings. The molecule has 0 radical (unpaired) electrons. The van der Waals surface area contributed by atoms with E-state index in [2.05, 4.69) is 6.58 Å². The van der Waals surface area contributed by atoms with Crippen LogP contribution in [0.25, 0.3) is 22.4 Å². The summed E-state index contributed by atoms with van der Waals surface area (Å²) in [4.78, 5) is 0. The van der Waals surface area contributed by atoms with Gasteiger partial charge in [0.2, 0.25) is 0 Å². The fourth-order valence-corrected chi connectivity index (χ4v) is 3.17. The minimum atomic E-state index is -1.63. The molecule has 5 heteroatoms. The number of benzene rings is 3. The van der Waals surface area contributed by atoms with Crippen molar-refractivity contribution in [3.63, 3.8) is 0 Å². The summed E-state index contributed by atoms with van der Waals surface area (Å²) in [6.45, 7) is 5.46. The minimum absolute atomic E-state index is 0.0527. The molecule has 0 atom stereocenters. The summed E-state index contributed by atoms with van der Waals surface area (Å²) >= 11 is 0. The highest BCUT2D eigenvalue weighted by atomic mass is 19.2. The molecular weight excluding hydrogens is 383 g/mol. The second-order valence-corrected chi connectivity index (χ2v) is 6.69. The van der Waals surface area contributed by atoms with Crippen LogP contribution in [0, 0.1) is 17.5 Å². The number of halogens is 5. The first kappa shape index (κ1) is 20.8. The smallest absolute Gasteiger partial charge is 0.170 e. The molecule has 0 saturated carbocycles. The zero-order chi connectivity index (χ0) is 21.1. The average molecular weight is 402 g/mol. The fraction of sp³-hybridized carbons (Fsp3) is 0.167. The molecular formula is C24H19F5. The lowest BCUT2D eigenvalue weighted by molar-refractivity contribution is 0.505. The maximum atomic E-state index is 14.7. The van der Waals surface area contributed by atoms with Crippen LogP contribution in [-0.2, 0) is 12.8 Å². The number of allylic oxidation sites excluding steroid dienone is 1. The Morgan fingerprint density at radius 3 is 2.21 bits per heavy atom. The van der Waals surface area contributed by atoms with Crippen LogP contribution >= 0.6 is 0 Å². The van der Waals surface area contributed by atoms with Crippen LogP contribution in [0.3, 0.4) is 0 Å². The summed E-state index contributed by atoms with van der Waals surface area (Å²) in [6.07, 6.45) is 3.04. The third-order valence-corrected chi connectivity index (χ3v) is 4.87. The van der Waals surface area contributed by atoms with E-state index in [4.69, 9.17) is 0 Å². The van der Waals surface area contributed by atoms with E-state index in [0.29, 0.717) is 6.42 Å². The molecule has 0 unspecified atom stereocenters. The van der Waals surface area contributed by atoms with E-state index in [9.17, 15) is 22.0 Å². The Bertz CT molecular complexity index is 1090. The van der Waals surface area contributed by atoms with Crippen LogP contribution in [0.5, 0.6) is 0 Å². The SMILES string of the molecule is C=CCCc1ccc2cc(C(F)=C(F)c3ccc(CC)cc3)c(F)c(F)c2c1F. The predicted molar refractivity (Wildman–Crippen MR) is 107 cm³/mol. The van der Waals surface area contributed by atoms with Gasteiger partial charge in [-0.2, -0.15) is 0 Å². The quantitative estimate of drug-likeness (QED) is 0.225. The number of hydrogen-bond donors (Lipinski definition) is 0. The van der Waals surface area contributed by atoms with Crippen molar-refractivity contribution >= 4 is 22.4 Å². The highest BCUT2D eigenvalue weighted by molar-refractivity contribution is 5.91. The molecule has 0 fully saturated rings. The monoisotopic (exact) mass is 402 g/mol. The van der Waals surface area contributed by atoms with Crippen molar-refractivity contribution in [3.05, 3.63) is 94.8 Å². The molecule has 0 bridgehead atoms. The molecule has 3 rings (SSSR count). The van der Waals surface area contributed by atoms with Gasteiger partial charge in [0.25, 0.3) is 0 Å². The lowest BCUT2D eigenvalue weighted by atomic mass is 9.98. The van der Waals surface area contributed by atoms with Gasteiger partial charge in [-0.1, -0.05) is 49.4 Å². The largest absolute Gasteiger partial charge is 0.206 e. The Kier molecular flexibility index (Phi) is 6.16. The third-order valence-electron chi connectivity index (χ3n) is 4.87. The molecule has 0 amide bonds. The number of fused-ring (bicyclic) bond motifs is 1. The molecule has 0 spiro atoms. The van der Waals surface area contributed by atoms with Gasteiger partial charge in [0.05, 0.1) is 10.9 Å². The summed E-state index contributed by atoms with van der Waals surface area (Å²) in [6, 6.07) is 9.69. The third kappa shape index (κ3) is 3.95. The van der Waals surface area contributed by atoms with Gasteiger partial charge in [-0.25, -0.2) is 22.0 Å². The summed E-state index contributed by atoms with van der Waals surface area (Å²) < 4.78 is 73.1. The van der Waals surface area contributed by atoms with E-state index in [1.807, 2.05) is 6.92 Å². The summed E-state index contributed by atoms with van der Waals surface area (Å²) in [5.41, 5.74) is 0.144. The molecule has 0 aliphatic carbocycles. The van der Waals surface area contributed by atoms with Gasteiger partial charge in [-0.05, 0) is 41.8 Å². The molecule has 0 aliphatic rings. The van der Waals surface area contributed by atoms with Gasteiger partial charge in [-0.15, -0.1) is 6.58 Å². The van der Waals surface area contributed by atoms with E-state index < -0.39 is 40.1 Å². The average Bonchev–Trinajstić information content (AvgIpc) is 2.74. The first-order valence-corrected chi connectivity index (χ1v) is 9.24. The van der Waals surface area contributed by atoms with Gasteiger partial charge >= 0.3 is 0 Å². The second-order valence-electron chi connectivity index (χ2n) is 6.69. The number of rotatable bonds is 6.